The Hall–Kier alpha value is -0.850. The molecule has 0 amide bonds. The first-order valence-corrected chi connectivity index (χ1v) is 5.27. The van der Waals surface area contributed by atoms with Crippen molar-refractivity contribution in [3.05, 3.63) is 34.3 Å². The van der Waals surface area contributed by atoms with Gasteiger partial charge < -0.3 is 0 Å². The molecule has 86 valence electrons. The van der Waals surface area contributed by atoms with Gasteiger partial charge in [0.05, 0.1) is 5.56 Å². The Balaban J connectivity index is 3.05. The zero-order valence-electron chi connectivity index (χ0n) is 8.04. The standard InChI is InChI=1S/C11H7Cl2F3/c12-4-2-1-3-8-5-9(11(14,15)16)7-10(13)6-8/h5-7H,2,4H2. The van der Waals surface area contributed by atoms with Crippen molar-refractivity contribution < 1.29 is 13.2 Å². The highest BCUT2D eigenvalue weighted by Crippen LogP contribution is 2.31. The molecule has 0 aromatic heterocycles. The maximum Gasteiger partial charge on any atom is 0.416 e. The number of halogens is 5. The van der Waals surface area contributed by atoms with Crippen LogP contribution in [0.5, 0.6) is 0 Å². The molecule has 0 fully saturated rings. The van der Waals surface area contributed by atoms with Crippen molar-refractivity contribution in [2.24, 2.45) is 0 Å². The lowest BCUT2D eigenvalue weighted by Crippen LogP contribution is -2.05. The van der Waals surface area contributed by atoms with Crippen LogP contribution in [0.2, 0.25) is 5.02 Å². The minimum Gasteiger partial charge on any atom is -0.166 e. The Bertz CT molecular complexity index is 427. The van der Waals surface area contributed by atoms with Crippen molar-refractivity contribution in [2.75, 3.05) is 5.88 Å². The lowest BCUT2D eigenvalue weighted by Gasteiger charge is -2.07. The summed E-state index contributed by atoms with van der Waals surface area (Å²) < 4.78 is 37.2. The minimum absolute atomic E-state index is 0.0185. The monoisotopic (exact) mass is 266 g/mol. The summed E-state index contributed by atoms with van der Waals surface area (Å²) in [5, 5.41) is 0.0185. The van der Waals surface area contributed by atoms with Crippen LogP contribution in [0.25, 0.3) is 0 Å². The molecule has 0 N–H and O–H groups in total. The number of hydrogen-bond acceptors (Lipinski definition) is 0. The van der Waals surface area contributed by atoms with E-state index in [-0.39, 0.29) is 10.6 Å². The molecule has 0 bridgehead atoms. The van der Waals surface area contributed by atoms with Gasteiger partial charge in [-0.1, -0.05) is 23.4 Å². The summed E-state index contributed by atoms with van der Waals surface area (Å²) in [6.45, 7) is 0. The van der Waals surface area contributed by atoms with Gasteiger partial charge in [0.1, 0.15) is 0 Å². The van der Waals surface area contributed by atoms with Crippen LogP contribution >= 0.6 is 23.2 Å². The van der Waals surface area contributed by atoms with Crippen LogP contribution in [0.3, 0.4) is 0 Å². The Labute approximate surface area is 101 Å². The van der Waals surface area contributed by atoms with Crippen molar-refractivity contribution in [1.82, 2.24) is 0 Å². The molecule has 0 aliphatic rings. The molecule has 16 heavy (non-hydrogen) atoms. The van der Waals surface area contributed by atoms with Crippen LogP contribution < -0.4 is 0 Å². The van der Waals surface area contributed by atoms with Crippen molar-refractivity contribution in [2.45, 2.75) is 12.6 Å². The molecule has 0 spiro atoms. The molecule has 0 aliphatic carbocycles. The quantitative estimate of drug-likeness (QED) is 0.524. The predicted octanol–water partition coefficient (Wildman–Crippen LogP) is 4.34. The molecule has 1 aromatic carbocycles. The molecule has 0 atom stereocenters. The lowest BCUT2D eigenvalue weighted by molar-refractivity contribution is -0.137. The van der Waals surface area contributed by atoms with Gasteiger partial charge in [-0.3, -0.25) is 0 Å². The van der Waals surface area contributed by atoms with E-state index in [2.05, 4.69) is 11.8 Å². The van der Waals surface area contributed by atoms with Gasteiger partial charge >= 0.3 is 6.18 Å². The largest absolute Gasteiger partial charge is 0.416 e. The van der Waals surface area contributed by atoms with Gasteiger partial charge in [-0.05, 0) is 18.2 Å². The van der Waals surface area contributed by atoms with Gasteiger partial charge in [0.25, 0.3) is 0 Å². The molecule has 0 radical (unpaired) electrons. The zero-order chi connectivity index (χ0) is 12.2. The maximum atomic E-state index is 12.4. The van der Waals surface area contributed by atoms with E-state index in [4.69, 9.17) is 23.2 Å². The Morgan fingerprint density at radius 2 is 1.88 bits per heavy atom. The van der Waals surface area contributed by atoms with Crippen LogP contribution in [0.15, 0.2) is 18.2 Å². The van der Waals surface area contributed by atoms with Crippen molar-refractivity contribution in [3.8, 4) is 11.8 Å². The van der Waals surface area contributed by atoms with E-state index in [1.807, 2.05) is 0 Å². The summed E-state index contributed by atoms with van der Waals surface area (Å²) in [6.07, 6.45) is -3.98. The summed E-state index contributed by atoms with van der Waals surface area (Å²) in [6, 6.07) is 3.22. The fourth-order valence-electron chi connectivity index (χ4n) is 1.04. The number of alkyl halides is 4. The van der Waals surface area contributed by atoms with Crippen LogP contribution in [0.1, 0.15) is 17.5 Å². The van der Waals surface area contributed by atoms with Crippen LogP contribution in [0, 0.1) is 11.8 Å². The Morgan fingerprint density at radius 1 is 1.19 bits per heavy atom. The van der Waals surface area contributed by atoms with Gasteiger partial charge in [0.15, 0.2) is 0 Å². The van der Waals surface area contributed by atoms with E-state index in [0.29, 0.717) is 12.3 Å². The molecule has 0 unspecified atom stereocenters. The fraction of sp³-hybridized carbons (Fsp3) is 0.273. The van der Waals surface area contributed by atoms with E-state index < -0.39 is 11.7 Å². The normalized spacial score (nSPS) is 10.8. The van der Waals surface area contributed by atoms with Crippen LogP contribution in [-0.2, 0) is 6.18 Å². The third-order valence-corrected chi connectivity index (χ3v) is 2.08. The van der Waals surface area contributed by atoms with Crippen LogP contribution in [-0.4, -0.2) is 5.88 Å². The molecular weight excluding hydrogens is 260 g/mol. The average molecular weight is 267 g/mol. The molecule has 0 heterocycles. The minimum atomic E-state index is -4.41. The molecule has 0 saturated heterocycles. The number of rotatable bonds is 1. The van der Waals surface area contributed by atoms with Gasteiger partial charge in [-0.2, -0.15) is 13.2 Å². The van der Waals surface area contributed by atoms with Crippen molar-refractivity contribution in [1.29, 1.82) is 0 Å². The van der Waals surface area contributed by atoms with E-state index >= 15 is 0 Å². The first-order chi connectivity index (χ1) is 7.43. The molecular formula is C11H7Cl2F3. The summed E-state index contributed by atoms with van der Waals surface area (Å²) >= 11 is 11.0. The summed E-state index contributed by atoms with van der Waals surface area (Å²) in [5.41, 5.74) is -0.555. The van der Waals surface area contributed by atoms with E-state index in [1.165, 1.54) is 6.07 Å². The highest BCUT2D eigenvalue weighted by atomic mass is 35.5. The number of benzene rings is 1. The summed E-state index contributed by atoms with van der Waals surface area (Å²) in [4.78, 5) is 0. The second-order valence-corrected chi connectivity index (χ2v) is 3.78. The topological polar surface area (TPSA) is 0 Å². The fourth-order valence-corrected chi connectivity index (χ4v) is 1.37. The van der Waals surface area contributed by atoms with Gasteiger partial charge in [0.2, 0.25) is 0 Å². The third-order valence-electron chi connectivity index (χ3n) is 1.68. The van der Waals surface area contributed by atoms with Gasteiger partial charge in [-0.25, -0.2) is 0 Å². The van der Waals surface area contributed by atoms with Crippen molar-refractivity contribution >= 4 is 23.2 Å². The van der Waals surface area contributed by atoms with E-state index in [1.54, 1.807) is 0 Å². The van der Waals surface area contributed by atoms with E-state index in [9.17, 15) is 13.2 Å². The van der Waals surface area contributed by atoms with Crippen molar-refractivity contribution in [3.63, 3.8) is 0 Å². The second-order valence-electron chi connectivity index (χ2n) is 2.97. The summed E-state index contributed by atoms with van der Waals surface area (Å²) in [7, 11) is 0. The Morgan fingerprint density at radius 3 is 2.44 bits per heavy atom. The highest BCUT2D eigenvalue weighted by molar-refractivity contribution is 6.30. The molecule has 5 heteroatoms. The maximum absolute atomic E-state index is 12.4. The predicted molar refractivity (Wildman–Crippen MR) is 58.7 cm³/mol. The third kappa shape index (κ3) is 3.96. The highest BCUT2D eigenvalue weighted by Gasteiger charge is 2.30. The van der Waals surface area contributed by atoms with E-state index in [0.717, 1.165) is 12.1 Å². The van der Waals surface area contributed by atoms with Crippen LogP contribution in [0.4, 0.5) is 13.2 Å². The zero-order valence-corrected chi connectivity index (χ0v) is 9.55. The molecule has 1 aromatic rings. The second kappa shape index (κ2) is 5.47. The molecule has 0 saturated carbocycles. The van der Waals surface area contributed by atoms with Gasteiger partial charge in [-0.15, -0.1) is 11.6 Å². The molecule has 0 nitrogen and oxygen atoms in total. The molecule has 1 rings (SSSR count). The smallest absolute Gasteiger partial charge is 0.166 e. The number of hydrogen-bond donors (Lipinski definition) is 0. The average Bonchev–Trinajstić information content (AvgIpc) is 2.16. The molecule has 0 aliphatic heterocycles. The lowest BCUT2D eigenvalue weighted by atomic mass is 10.1. The van der Waals surface area contributed by atoms with Gasteiger partial charge in [0, 0.05) is 22.9 Å². The Kier molecular flexibility index (Phi) is 4.52. The summed E-state index contributed by atoms with van der Waals surface area (Å²) in [5.74, 6) is 5.58. The first-order valence-electron chi connectivity index (χ1n) is 4.36. The first kappa shape index (κ1) is 13.2. The SMILES string of the molecule is FC(F)(F)c1cc(Cl)cc(C#CCCCl)c1.